The van der Waals surface area contributed by atoms with E-state index >= 15 is 0 Å². The molecule has 1 aromatic carbocycles. The van der Waals surface area contributed by atoms with Gasteiger partial charge in [0, 0.05) is 24.0 Å². The summed E-state index contributed by atoms with van der Waals surface area (Å²) in [4.78, 5) is 2.73. The van der Waals surface area contributed by atoms with Crippen LogP contribution in [-0.4, -0.2) is 54.8 Å². The van der Waals surface area contributed by atoms with Gasteiger partial charge in [-0.15, -0.1) is 0 Å². The highest BCUT2D eigenvalue weighted by Crippen LogP contribution is 2.42. The van der Waals surface area contributed by atoms with Crippen LogP contribution in [0.2, 0.25) is 0 Å². The van der Waals surface area contributed by atoms with E-state index in [-0.39, 0.29) is 5.41 Å². The van der Waals surface area contributed by atoms with Crippen molar-refractivity contribution in [3.63, 3.8) is 0 Å². The average molecular weight is 386 g/mol. The predicted molar refractivity (Wildman–Crippen MR) is 116 cm³/mol. The minimum absolute atomic E-state index is 0.0508. The molecule has 2 heterocycles. The number of nitrogens with zero attached hydrogens (tertiary/aromatic N) is 1. The summed E-state index contributed by atoms with van der Waals surface area (Å²) in [6.45, 7) is 12.9. The fraction of sp³-hybridized carbons (Fsp3) is 0.750. The van der Waals surface area contributed by atoms with Crippen molar-refractivity contribution in [3.8, 4) is 5.75 Å². The van der Waals surface area contributed by atoms with Crippen LogP contribution in [0.5, 0.6) is 5.75 Å². The van der Waals surface area contributed by atoms with Crippen LogP contribution >= 0.6 is 0 Å². The Kier molecular flexibility index (Phi) is 6.01. The summed E-state index contributed by atoms with van der Waals surface area (Å²) in [5.41, 5.74) is 2.68. The van der Waals surface area contributed by atoms with E-state index in [2.05, 4.69) is 42.4 Å². The zero-order valence-electron chi connectivity index (χ0n) is 18.0. The number of aryl methyl sites for hydroxylation is 1. The van der Waals surface area contributed by atoms with Gasteiger partial charge < -0.3 is 15.7 Å². The monoisotopic (exact) mass is 385 g/mol. The minimum atomic E-state index is 0.0508. The Bertz CT molecular complexity index is 668. The van der Waals surface area contributed by atoms with Gasteiger partial charge in [0.25, 0.3) is 0 Å². The lowest BCUT2D eigenvalue weighted by molar-refractivity contribution is 0.0605. The molecule has 0 radical (unpaired) electrons. The molecule has 28 heavy (non-hydrogen) atoms. The molecular weight excluding hydrogens is 346 g/mol. The number of hydrogen-bond donors (Lipinski definition) is 3. The molecule has 156 valence electrons. The number of aromatic hydroxyl groups is 1. The molecule has 1 unspecified atom stereocenters. The molecule has 0 bridgehead atoms. The van der Waals surface area contributed by atoms with E-state index in [4.69, 9.17) is 0 Å². The molecule has 3 atom stereocenters. The second-order valence-electron chi connectivity index (χ2n) is 9.92. The van der Waals surface area contributed by atoms with Crippen LogP contribution in [0.3, 0.4) is 0 Å². The number of hydrogen-bond acceptors (Lipinski definition) is 4. The Balaban J connectivity index is 1.57. The maximum atomic E-state index is 10.2. The molecule has 2 aliphatic heterocycles. The summed E-state index contributed by atoms with van der Waals surface area (Å²) in [5.74, 6) is 2.10. The molecule has 1 aliphatic carbocycles. The summed E-state index contributed by atoms with van der Waals surface area (Å²) < 4.78 is 0. The molecule has 0 spiro atoms. The maximum absolute atomic E-state index is 10.2. The molecule has 4 rings (SSSR count). The highest BCUT2D eigenvalue weighted by Gasteiger charge is 2.46. The molecule has 3 aliphatic rings. The van der Waals surface area contributed by atoms with Gasteiger partial charge in [-0.05, 0) is 107 Å². The van der Waals surface area contributed by atoms with Gasteiger partial charge in [0.05, 0.1) is 0 Å². The van der Waals surface area contributed by atoms with Crippen LogP contribution in [0, 0.1) is 18.8 Å². The summed E-state index contributed by atoms with van der Waals surface area (Å²) in [5, 5.41) is 17.7. The molecule has 3 N–H and O–H groups in total. The van der Waals surface area contributed by atoms with Gasteiger partial charge in [-0.3, -0.25) is 4.90 Å². The first-order valence-electron chi connectivity index (χ1n) is 11.5. The molecule has 2 saturated heterocycles. The third-order valence-corrected chi connectivity index (χ3v) is 7.77. The summed E-state index contributed by atoms with van der Waals surface area (Å²) in [6, 6.07) is 6.86. The van der Waals surface area contributed by atoms with Gasteiger partial charge in [0.2, 0.25) is 0 Å². The molecule has 3 fully saturated rings. The van der Waals surface area contributed by atoms with Gasteiger partial charge in [-0.25, -0.2) is 0 Å². The number of phenols is 1. The molecule has 0 aromatic heterocycles. The second-order valence-corrected chi connectivity index (χ2v) is 9.92. The van der Waals surface area contributed by atoms with E-state index < -0.39 is 0 Å². The van der Waals surface area contributed by atoms with E-state index in [0.717, 1.165) is 44.4 Å². The largest absolute Gasteiger partial charge is 0.508 e. The van der Waals surface area contributed by atoms with Crippen molar-refractivity contribution >= 4 is 0 Å². The zero-order valence-corrected chi connectivity index (χ0v) is 18.0. The van der Waals surface area contributed by atoms with Crippen molar-refractivity contribution in [3.05, 3.63) is 29.3 Å². The summed E-state index contributed by atoms with van der Waals surface area (Å²) in [6.07, 6.45) is 6.54. The van der Waals surface area contributed by atoms with E-state index in [1.165, 1.54) is 43.4 Å². The van der Waals surface area contributed by atoms with Crippen molar-refractivity contribution in [2.45, 2.75) is 70.4 Å². The molecule has 0 amide bonds. The van der Waals surface area contributed by atoms with E-state index in [0.29, 0.717) is 17.8 Å². The van der Waals surface area contributed by atoms with Gasteiger partial charge in [0.15, 0.2) is 0 Å². The lowest BCUT2D eigenvalue weighted by atomic mass is 9.67. The van der Waals surface area contributed by atoms with Crippen LogP contribution in [0.1, 0.15) is 57.1 Å². The minimum Gasteiger partial charge on any atom is -0.508 e. The van der Waals surface area contributed by atoms with Crippen molar-refractivity contribution in [1.29, 1.82) is 0 Å². The van der Waals surface area contributed by atoms with Crippen molar-refractivity contribution in [2.75, 3.05) is 32.7 Å². The van der Waals surface area contributed by atoms with E-state index in [1.54, 1.807) is 0 Å². The highest BCUT2D eigenvalue weighted by atomic mass is 16.3. The molecule has 1 saturated carbocycles. The van der Waals surface area contributed by atoms with Crippen LogP contribution in [0.15, 0.2) is 18.2 Å². The molecule has 1 aromatic rings. The lowest BCUT2D eigenvalue weighted by Gasteiger charge is -2.52. The average Bonchev–Trinajstić information content (AvgIpc) is 3.51. The Hall–Kier alpha value is -1.10. The van der Waals surface area contributed by atoms with Crippen LogP contribution in [0.25, 0.3) is 0 Å². The SMILES string of the molecule is Cc1ccc(O)cc1[C@@]1(C)CCN(CC2CC2)[C@H](C)C1NCC1CCNCC1. The quantitative estimate of drug-likeness (QED) is 0.702. The Morgan fingerprint density at radius 1 is 1.18 bits per heavy atom. The number of likely N-dealkylation sites (tertiary alicyclic amines) is 1. The normalized spacial score (nSPS) is 32.5. The number of piperidine rings is 2. The Labute approximate surface area is 171 Å². The summed E-state index contributed by atoms with van der Waals surface area (Å²) >= 11 is 0. The summed E-state index contributed by atoms with van der Waals surface area (Å²) in [7, 11) is 0. The standard InChI is InChI=1S/C24H39N3O/c1-17-4-7-21(28)14-22(17)24(3)10-13-27(16-20-5-6-20)18(2)23(24)26-15-19-8-11-25-12-9-19/h4,7,14,18-20,23,25-26,28H,5-6,8-13,15-16H2,1-3H3/t18-,23?,24-/m1/s1. The topological polar surface area (TPSA) is 47.5 Å². The number of phenolic OH excluding ortho intramolecular Hbond substituents is 1. The number of rotatable bonds is 6. The fourth-order valence-electron chi connectivity index (χ4n) is 5.67. The van der Waals surface area contributed by atoms with Gasteiger partial charge in [-0.1, -0.05) is 13.0 Å². The Morgan fingerprint density at radius 2 is 1.93 bits per heavy atom. The zero-order chi connectivity index (χ0) is 19.7. The van der Waals surface area contributed by atoms with E-state index in [1.807, 2.05) is 12.1 Å². The predicted octanol–water partition coefficient (Wildman–Crippen LogP) is 3.42. The smallest absolute Gasteiger partial charge is 0.115 e. The van der Waals surface area contributed by atoms with Gasteiger partial charge in [0.1, 0.15) is 5.75 Å². The van der Waals surface area contributed by atoms with E-state index in [9.17, 15) is 5.11 Å². The highest BCUT2D eigenvalue weighted by molar-refractivity contribution is 5.41. The van der Waals surface area contributed by atoms with Crippen LogP contribution in [0.4, 0.5) is 0 Å². The van der Waals surface area contributed by atoms with Crippen LogP contribution < -0.4 is 10.6 Å². The van der Waals surface area contributed by atoms with Crippen molar-refractivity contribution in [1.82, 2.24) is 15.5 Å². The van der Waals surface area contributed by atoms with Gasteiger partial charge in [-0.2, -0.15) is 0 Å². The number of nitrogens with one attached hydrogen (secondary N) is 2. The molecule has 4 nitrogen and oxygen atoms in total. The van der Waals surface area contributed by atoms with Crippen LogP contribution in [-0.2, 0) is 5.41 Å². The first-order chi connectivity index (χ1) is 13.5. The lowest BCUT2D eigenvalue weighted by Crippen LogP contribution is -2.64. The van der Waals surface area contributed by atoms with Gasteiger partial charge >= 0.3 is 0 Å². The molecule has 4 heteroatoms. The fourth-order valence-corrected chi connectivity index (χ4v) is 5.67. The number of benzene rings is 1. The molecular formula is C24H39N3O. The van der Waals surface area contributed by atoms with Crippen molar-refractivity contribution in [2.24, 2.45) is 11.8 Å². The Morgan fingerprint density at radius 3 is 2.64 bits per heavy atom. The third-order valence-electron chi connectivity index (χ3n) is 7.77. The van der Waals surface area contributed by atoms with Crippen molar-refractivity contribution < 1.29 is 5.11 Å². The first-order valence-corrected chi connectivity index (χ1v) is 11.5. The maximum Gasteiger partial charge on any atom is 0.115 e. The first kappa shape index (κ1) is 20.2. The second kappa shape index (κ2) is 8.33. The third kappa shape index (κ3) is 4.24.